The summed E-state index contributed by atoms with van der Waals surface area (Å²) >= 11 is 0. The molecule has 7 nitrogen and oxygen atoms in total. The van der Waals surface area contributed by atoms with Gasteiger partial charge in [-0.15, -0.1) is 5.10 Å². The normalized spacial score (nSPS) is 12.8. The number of carbonyl (C=O) groups is 1. The number of amides is 1. The Kier molecular flexibility index (Phi) is 3.34. The van der Waals surface area contributed by atoms with E-state index in [4.69, 9.17) is 10.5 Å². The fourth-order valence-corrected chi connectivity index (χ4v) is 2.12. The number of ether oxygens (including phenoxy) is 1. The molecule has 0 radical (unpaired) electrons. The van der Waals surface area contributed by atoms with Crippen molar-refractivity contribution in [1.82, 2.24) is 15.0 Å². The summed E-state index contributed by atoms with van der Waals surface area (Å²) in [5.74, 6) is 0.740. The number of aromatic nitrogens is 3. The van der Waals surface area contributed by atoms with Crippen LogP contribution in [0.25, 0.3) is 0 Å². The molecule has 1 aromatic carbocycles. The number of nitrogens with zero attached hydrogens (tertiary/aromatic N) is 3. The van der Waals surface area contributed by atoms with Crippen LogP contribution in [-0.4, -0.2) is 27.5 Å². The summed E-state index contributed by atoms with van der Waals surface area (Å²) in [6.45, 7) is 1.13. The fraction of sp³-hybridized carbons (Fsp3) is 0.308. The van der Waals surface area contributed by atoms with Gasteiger partial charge in [0.2, 0.25) is 5.91 Å². The number of rotatable bonds is 4. The SMILES string of the molecule is NCc1cn(CC(=O)Nc2ccc3c(c2)CCO3)nn1. The van der Waals surface area contributed by atoms with Gasteiger partial charge in [0.15, 0.2) is 0 Å². The molecule has 0 atom stereocenters. The number of hydrogen-bond acceptors (Lipinski definition) is 5. The molecule has 1 aliphatic heterocycles. The average molecular weight is 273 g/mol. The Morgan fingerprint density at radius 2 is 2.40 bits per heavy atom. The zero-order valence-electron chi connectivity index (χ0n) is 10.9. The summed E-state index contributed by atoms with van der Waals surface area (Å²) in [7, 11) is 0. The molecule has 0 aliphatic carbocycles. The van der Waals surface area contributed by atoms with Gasteiger partial charge in [-0.3, -0.25) is 4.79 Å². The maximum absolute atomic E-state index is 11.9. The number of nitrogens with one attached hydrogen (secondary N) is 1. The lowest BCUT2D eigenvalue weighted by Crippen LogP contribution is -2.19. The first-order chi connectivity index (χ1) is 9.74. The summed E-state index contributed by atoms with van der Waals surface area (Å²) in [6, 6.07) is 5.64. The highest BCUT2D eigenvalue weighted by Crippen LogP contribution is 2.27. The topological polar surface area (TPSA) is 95.1 Å². The standard InChI is InChI=1S/C13H15N5O2/c14-6-11-7-18(17-16-11)8-13(19)15-10-1-2-12-9(5-10)3-4-20-12/h1-2,5,7H,3-4,6,8,14H2,(H,15,19). The van der Waals surface area contributed by atoms with E-state index in [1.165, 1.54) is 4.68 Å². The van der Waals surface area contributed by atoms with E-state index < -0.39 is 0 Å². The number of hydrogen-bond donors (Lipinski definition) is 2. The summed E-state index contributed by atoms with van der Waals surface area (Å²) in [6.07, 6.45) is 2.54. The highest BCUT2D eigenvalue weighted by molar-refractivity contribution is 5.90. The van der Waals surface area contributed by atoms with Crippen molar-refractivity contribution in [1.29, 1.82) is 0 Å². The van der Waals surface area contributed by atoms with E-state index in [1.807, 2.05) is 18.2 Å². The molecule has 3 N–H and O–H groups in total. The quantitative estimate of drug-likeness (QED) is 0.836. The molecule has 7 heteroatoms. The van der Waals surface area contributed by atoms with Crippen LogP contribution in [0.2, 0.25) is 0 Å². The van der Waals surface area contributed by atoms with Gasteiger partial charge in [-0.1, -0.05) is 5.21 Å². The first kappa shape index (κ1) is 12.6. The highest BCUT2D eigenvalue weighted by atomic mass is 16.5. The van der Waals surface area contributed by atoms with Crippen LogP contribution in [0.4, 0.5) is 5.69 Å². The third kappa shape index (κ3) is 2.62. The smallest absolute Gasteiger partial charge is 0.246 e. The van der Waals surface area contributed by atoms with E-state index in [0.717, 1.165) is 23.4 Å². The Bertz CT molecular complexity index is 637. The fourth-order valence-electron chi connectivity index (χ4n) is 2.12. The lowest BCUT2D eigenvalue weighted by atomic mass is 10.1. The van der Waals surface area contributed by atoms with E-state index in [2.05, 4.69) is 15.6 Å². The average Bonchev–Trinajstić information content (AvgIpc) is 3.06. The van der Waals surface area contributed by atoms with Crippen LogP contribution in [0.5, 0.6) is 5.75 Å². The molecule has 0 unspecified atom stereocenters. The Morgan fingerprint density at radius 3 is 3.20 bits per heavy atom. The predicted octanol–water partition coefficient (Wildman–Crippen LogP) is 0.310. The van der Waals surface area contributed by atoms with Crippen LogP contribution in [0.3, 0.4) is 0 Å². The minimum atomic E-state index is -0.155. The number of carbonyl (C=O) groups excluding carboxylic acids is 1. The molecule has 0 saturated heterocycles. The van der Waals surface area contributed by atoms with Gasteiger partial charge in [0.1, 0.15) is 12.3 Å². The predicted molar refractivity (Wildman–Crippen MR) is 72.2 cm³/mol. The molecular formula is C13H15N5O2. The molecule has 2 heterocycles. The number of anilines is 1. The molecule has 1 aromatic heterocycles. The summed E-state index contributed by atoms with van der Waals surface area (Å²) < 4.78 is 6.89. The summed E-state index contributed by atoms with van der Waals surface area (Å²) in [4.78, 5) is 11.9. The third-order valence-electron chi connectivity index (χ3n) is 3.07. The van der Waals surface area contributed by atoms with Crippen molar-refractivity contribution < 1.29 is 9.53 Å². The van der Waals surface area contributed by atoms with Crippen molar-refractivity contribution in [3.63, 3.8) is 0 Å². The van der Waals surface area contributed by atoms with E-state index in [0.29, 0.717) is 18.8 Å². The van der Waals surface area contributed by atoms with Crippen LogP contribution in [0.1, 0.15) is 11.3 Å². The van der Waals surface area contributed by atoms with Crippen molar-refractivity contribution in [3.05, 3.63) is 35.7 Å². The van der Waals surface area contributed by atoms with Gasteiger partial charge in [0.25, 0.3) is 0 Å². The Hall–Kier alpha value is -2.41. The molecule has 3 rings (SSSR count). The van der Waals surface area contributed by atoms with Crippen molar-refractivity contribution in [2.45, 2.75) is 19.5 Å². The molecule has 0 fully saturated rings. The van der Waals surface area contributed by atoms with E-state index in [9.17, 15) is 4.79 Å². The van der Waals surface area contributed by atoms with Gasteiger partial charge in [0.05, 0.1) is 18.5 Å². The van der Waals surface area contributed by atoms with Crippen LogP contribution in [0, 0.1) is 0 Å². The minimum absolute atomic E-state index is 0.112. The molecule has 0 saturated carbocycles. The second kappa shape index (κ2) is 5.30. The van der Waals surface area contributed by atoms with E-state index >= 15 is 0 Å². The Morgan fingerprint density at radius 1 is 1.50 bits per heavy atom. The van der Waals surface area contributed by atoms with Crippen molar-refractivity contribution in [2.24, 2.45) is 5.73 Å². The first-order valence-corrected chi connectivity index (χ1v) is 6.39. The molecule has 104 valence electrons. The number of benzene rings is 1. The van der Waals surface area contributed by atoms with Crippen molar-refractivity contribution >= 4 is 11.6 Å². The minimum Gasteiger partial charge on any atom is -0.493 e. The highest BCUT2D eigenvalue weighted by Gasteiger charge is 2.13. The van der Waals surface area contributed by atoms with Crippen molar-refractivity contribution in [3.8, 4) is 5.75 Å². The van der Waals surface area contributed by atoms with E-state index in [1.54, 1.807) is 6.20 Å². The molecule has 1 amide bonds. The second-order valence-electron chi connectivity index (χ2n) is 4.58. The summed E-state index contributed by atoms with van der Waals surface area (Å²) in [5.41, 5.74) is 7.98. The maximum Gasteiger partial charge on any atom is 0.246 e. The van der Waals surface area contributed by atoms with Crippen molar-refractivity contribution in [2.75, 3.05) is 11.9 Å². The molecule has 20 heavy (non-hydrogen) atoms. The first-order valence-electron chi connectivity index (χ1n) is 6.39. The van der Waals surface area contributed by atoms with Crippen LogP contribution < -0.4 is 15.8 Å². The summed E-state index contributed by atoms with van der Waals surface area (Å²) in [5, 5.41) is 10.5. The zero-order chi connectivity index (χ0) is 13.9. The van der Waals surface area contributed by atoms with Gasteiger partial charge in [0, 0.05) is 18.7 Å². The molecule has 1 aliphatic rings. The van der Waals surface area contributed by atoms with Gasteiger partial charge >= 0.3 is 0 Å². The monoisotopic (exact) mass is 273 g/mol. The lowest BCUT2D eigenvalue weighted by molar-refractivity contribution is -0.116. The largest absolute Gasteiger partial charge is 0.493 e. The van der Waals surface area contributed by atoms with Crippen LogP contribution in [0.15, 0.2) is 24.4 Å². The maximum atomic E-state index is 11.9. The molecule has 0 bridgehead atoms. The van der Waals surface area contributed by atoms with E-state index in [-0.39, 0.29) is 12.5 Å². The van der Waals surface area contributed by atoms with Gasteiger partial charge < -0.3 is 15.8 Å². The van der Waals surface area contributed by atoms with Gasteiger partial charge in [-0.25, -0.2) is 4.68 Å². The Balaban J connectivity index is 1.64. The lowest BCUT2D eigenvalue weighted by Gasteiger charge is -2.06. The molecule has 0 spiro atoms. The van der Waals surface area contributed by atoms with Gasteiger partial charge in [-0.05, 0) is 23.8 Å². The Labute approximate surface area is 115 Å². The van der Waals surface area contributed by atoms with Crippen LogP contribution in [-0.2, 0) is 24.3 Å². The number of nitrogens with two attached hydrogens (primary N) is 1. The zero-order valence-corrected chi connectivity index (χ0v) is 10.9. The second-order valence-corrected chi connectivity index (χ2v) is 4.58. The van der Waals surface area contributed by atoms with Crippen LogP contribution >= 0.6 is 0 Å². The molecule has 2 aromatic rings. The van der Waals surface area contributed by atoms with Gasteiger partial charge in [-0.2, -0.15) is 0 Å². The number of fused-ring (bicyclic) bond motifs is 1. The molecular weight excluding hydrogens is 258 g/mol. The third-order valence-corrected chi connectivity index (χ3v) is 3.07.